The monoisotopic (exact) mass is 238 g/mol. The quantitative estimate of drug-likeness (QED) is 0.769. The molecule has 2 aliphatic rings. The lowest BCUT2D eigenvalue weighted by molar-refractivity contribution is 0.271. The van der Waals surface area contributed by atoms with Crippen LogP contribution in [0.4, 0.5) is 0 Å². The van der Waals surface area contributed by atoms with Crippen LogP contribution in [-0.4, -0.2) is 25.2 Å². The lowest BCUT2D eigenvalue weighted by Gasteiger charge is -2.28. The van der Waals surface area contributed by atoms with E-state index >= 15 is 0 Å². The van der Waals surface area contributed by atoms with Gasteiger partial charge in [0.2, 0.25) is 0 Å². The van der Waals surface area contributed by atoms with Crippen LogP contribution in [0, 0.1) is 11.8 Å². The maximum Gasteiger partial charge on any atom is 0.00822 e. The van der Waals surface area contributed by atoms with E-state index in [0.717, 1.165) is 17.9 Å². The van der Waals surface area contributed by atoms with Gasteiger partial charge in [-0.2, -0.15) is 0 Å². The highest BCUT2D eigenvalue weighted by atomic mass is 15.0. The van der Waals surface area contributed by atoms with Gasteiger partial charge in [-0.05, 0) is 64.0 Å². The molecule has 0 radical (unpaired) electrons. The van der Waals surface area contributed by atoms with Crippen LogP contribution in [0.25, 0.3) is 0 Å². The van der Waals surface area contributed by atoms with Crippen LogP contribution in [0.15, 0.2) is 0 Å². The largest absolute Gasteiger partial charge is 0.314 e. The first kappa shape index (κ1) is 13.4. The Bertz CT molecular complexity index is 203. The molecule has 0 spiro atoms. The molecular formula is C15H30N2. The van der Waals surface area contributed by atoms with E-state index in [2.05, 4.69) is 24.5 Å². The SMILES string of the molecule is CC1CCC(CNC(C)CC2CCCN2)CC1. The highest BCUT2D eigenvalue weighted by molar-refractivity contribution is 4.80. The first-order valence-electron chi connectivity index (χ1n) is 7.71. The summed E-state index contributed by atoms with van der Waals surface area (Å²) in [5.74, 6) is 1.93. The van der Waals surface area contributed by atoms with Gasteiger partial charge in [-0.15, -0.1) is 0 Å². The fourth-order valence-electron chi connectivity index (χ4n) is 3.37. The summed E-state index contributed by atoms with van der Waals surface area (Å²) in [6, 6.07) is 1.47. The zero-order valence-electron chi connectivity index (χ0n) is 11.7. The van der Waals surface area contributed by atoms with E-state index in [0.29, 0.717) is 6.04 Å². The topological polar surface area (TPSA) is 24.1 Å². The lowest BCUT2D eigenvalue weighted by Crippen LogP contribution is -2.37. The van der Waals surface area contributed by atoms with Crippen molar-refractivity contribution >= 4 is 0 Å². The summed E-state index contributed by atoms with van der Waals surface area (Å²) in [4.78, 5) is 0. The number of hydrogen-bond acceptors (Lipinski definition) is 2. The average molecular weight is 238 g/mol. The molecule has 0 amide bonds. The van der Waals surface area contributed by atoms with E-state index in [4.69, 9.17) is 0 Å². The smallest absolute Gasteiger partial charge is 0.00822 e. The van der Waals surface area contributed by atoms with E-state index < -0.39 is 0 Å². The maximum absolute atomic E-state index is 3.75. The van der Waals surface area contributed by atoms with Crippen LogP contribution < -0.4 is 10.6 Å². The summed E-state index contributed by atoms with van der Waals surface area (Å²) < 4.78 is 0. The predicted octanol–water partition coefficient (Wildman–Crippen LogP) is 2.93. The molecule has 1 heterocycles. The molecule has 17 heavy (non-hydrogen) atoms. The molecule has 2 rings (SSSR count). The Hall–Kier alpha value is -0.0800. The third-order valence-electron chi connectivity index (χ3n) is 4.69. The van der Waals surface area contributed by atoms with Gasteiger partial charge in [-0.25, -0.2) is 0 Å². The molecule has 0 bridgehead atoms. The highest BCUT2D eigenvalue weighted by Gasteiger charge is 2.20. The van der Waals surface area contributed by atoms with Crippen molar-refractivity contribution in [1.82, 2.24) is 10.6 Å². The summed E-state index contributed by atoms with van der Waals surface area (Å²) in [6.45, 7) is 7.24. The molecule has 1 saturated heterocycles. The van der Waals surface area contributed by atoms with Crippen molar-refractivity contribution in [3.63, 3.8) is 0 Å². The van der Waals surface area contributed by atoms with E-state index in [1.54, 1.807) is 0 Å². The van der Waals surface area contributed by atoms with Crippen molar-refractivity contribution in [2.45, 2.75) is 70.9 Å². The summed E-state index contributed by atoms with van der Waals surface area (Å²) in [6.07, 6.45) is 9.86. The van der Waals surface area contributed by atoms with Gasteiger partial charge in [0.15, 0.2) is 0 Å². The summed E-state index contributed by atoms with van der Waals surface area (Å²) in [5, 5.41) is 7.35. The van der Waals surface area contributed by atoms with Crippen LogP contribution in [-0.2, 0) is 0 Å². The second-order valence-corrected chi connectivity index (χ2v) is 6.46. The van der Waals surface area contributed by atoms with Gasteiger partial charge in [0.25, 0.3) is 0 Å². The molecule has 100 valence electrons. The van der Waals surface area contributed by atoms with Gasteiger partial charge < -0.3 is 10.6 Å². The Labute approximate surface area is 107 Å². The molecule has 2 atom stereocenters. The molecule has 2 unspecified atom stereocenters. The second kappa shape index (κ2) is 6.75. The summed E-state index contributed by atoms with van der Waals surface area (Å²) >= 11 is 0. The van der Waals surface area contributed by atoms with Crippen LogP contribution in [0.1, 0.15) is 58.8 Å². The summed E-state index contributed by atoms with van der Waals surface area (Å²) in [5.41, 5.74) is 0. The van der Waals surface area contributed by atoms with Crippen molar-refractivity contribution in [1.29, 1.82) is 0 Å². The normalized spacial score (nSPS) is 36.0. The molecule has 0 aromatic heterocycles. The molecule has 2 nitrogen and oxygen atoms in total. The number of rotatable bonds is 5. The molecule has 2 fully saturated rings. The number of hydrogen-bond donors (Lipinski definition) is 2. The Morgan fingerprint density at radius 3 is 2.59 bits per heavy atom. The Morgan fingerprint density at radius 1 is 1.18 bits per heavy atom. The molecule has 0 aromatic rings. The van der Waals surface area contributed by atoms with E-state index in [1.807, 2.05) is 0 Å². The molecule has 2 N–H and O–H groups in total. The zero-order valence-corrected chi connectivity index (χ0v) is 11.7. The Kier molecular flexibility index (Phi) is 5.30. The standard InChI is InChI=1S/C15H30N2/c1-12-5-7-14(8-6-12)11-17-13(2)10-15-4-3-9-16-15/h12-17H,3-11H2,1-2H3. The highest BCUT2D eigenvalue weighted by Crippen LogP contribution is 2.27. The van der Waals surface area contributed by atoms with E-state index in [9.17, 15) is 0 Å². The predicted molar refractivity (Wildman–Crippen MR) is 74.2 cm³/mol. The molecule has 1 saturated carbocycles. The number of nitrogens with one attached hydrogen (secondary N) is 2. The average Bonchev–Trinajstić information content (AvgIpc) is 2.81. The minimum atomic E-state index is 0.685. The first-order chi connectivity index (χ1) is 8.24. The lowest BCUT2D eigenvalue weighted by atomic mass is 9.83. The van der Waals surface area contributed by atoms with Crippen LogP contribution in [0.3, 0.4) is 0 Å². The van der Waals surface area contributed by atoms with Gasteiger partial charge in [-0.1, -0.05) is 19.8 Å². The molecule has 2 heteroatoms. The van der Waals surface area contributed by atoms with Gasteiger partial charge >= 0.3 is 0 Å². The third-order valence-corrected chi connectivity index (χ3v) is 4.69. The first-order valence-corrected chi connectivity index (χ1v) is 7.71. The minimum absolute atomic E-state index is 0.685. The minimum Gasteiger partial charge on any atom is -0.314 e. The van der Waals surface area contributed by atoms with Crippen molar-refractivity contribution < 1.29 is 0 Å². The molecule has 0 aromatic carbocycles. The van der Waals surface area contributed by atoms with E-state index in [-0.39, 0.29) is 0 Å². The van der Waals surface area contributed by atoms with Crippen molar-refractivity contribution in [3.05, 3.63) is 0 Å². The van der Waals surface area contributed by atoms with Crippen molar-refractivity contribution in [2.24, 2.45) is 11.8 Å². The molecular weight excluding hydrogens is 208 g/mol. The van der Waals surface area contributed by atoms with Gasteiger partial charge in [0, 0.05) is 12.1 Å². The fourth-order valence-corrected chi connectivity index (χ4v) is 3.37. The Morgan fingerprint density at radius 2 is 1.94 bits per heavy atom. The molecule has 1 aliphatic carbocycles. The van der Waals surface area contributed by atoms with Gasteiger partial charge in [0.05, 0.1) is 0 Å². The van der Waals surface area contributed by atoms with Crippen molar-refractivity contribution in [3.8, 4) is 0 Å². The van der Waals surface area contributed by atoms with Crippen LogP contribution in [0.2, 0.25) is 0 Å². The van der Waals surface area contributed by atoms with Crippen LogP contribution in [0.5, 0.6) is 0 Å². The van der Waals surface area contributed by atoms with Crippen LogP contribution >= 0.6 is 0 Å². The van der Waals surface area contributed by atoms with E-state index in [1.165, 1.54) is 58.0 Å². The zero-order chi connectivity index (χ0) is 12.1. The van der Waals surface area contributed by atoms with Gasteiger partial charge in [-0.3, -0.25) is 0 Å². The summed E-state index contributed by atoms with van der Waals surface area (Å²) in [7, 11) is 0. The Balaban J connectivity index is 1.57. The second-order valence-electron chi connectivity index (χ2n) is 6.46. The van der Waals surface area contributed by atoms with Gasteiger partial charge in [0.1, 0.15) is 0 Å². The fraction of sp³-hybridized carbons (Fsp3) is 1.00. The maximum atomic E-state index is 3.75. The molecule has 1 aliphatic heterocycles. The third kappa shape index (κ3) is 4.59. The van der Waals surface area contributed by atoms with Crippen molar-refractivity contribution in [2.75, 3.05) is 13.1 Å².